The molecule has 0 atom stereocenters. The maximum Gasteiger partial charge on any atom is 0.171 e. The number of hydrogen-bond donors (Lipinski definition) is 0. The Morgan fingerprint density at radius 2 is 1.81 bits per heavy atom. The van der Waals surface area contributed by atoms with Gasteiger partial charge in [0.2, 0.25) is 0 Å². The van der Waals surface area contributed by atoms with Crippen molar-refractivity contribution in [3.63, 3.8) is 0 Å². The van der Waals surface area contributed by atoms with E-state index in [1.807, 2.05) is 30.3 Å². The number of fused-ring (bicyclic) bond motifs is 1. The van der Waals surface area contributed by atoms with Gasteiger partial charge in [0.15, 0.2) is 5.78 Å². The molecule has 3 aromatic rings. The zero-order chi connectivity index (χ0) is 14.8. The molecule has 0 amide bonds. The molecule has 1 heterocycles. The number of nitrogens with zero attached hydrogens (tertiary/aromatic N) is 1. The van der Waals surface area contributed by atoms with Crippen molar-refractivity contribution in [2.45, 2.75) is 6.42 Å². The van der Waals surface area contributed by atoms with Crippen molar-refractivity contribution in [2.75, 3.05) is 0 Å². The number of aromatic nitrogens is 1. The molecule has 104 valence electrons. The highest BCUT2D eigenvalue weighted by Gasteiger charge is 2.14. The van der Waals surface area contributed by atoms with Crippen molar-refractivity contribution < 1.29 is 13.6 Å². The molecule has 0 saturated heterocycles. The number of halogens is 2. The standard InChI is InChI=1S/C17H11F2NO/c18-12-6-8-14(15(19)9-12)17(21)10-13-7-5-11-3-1-2-4-16(11)20-13/h1-9H,10H2. The lowest BCUT2D eigenvalue weighted by atomic mass is 10.0. The third-order valence-electron chi connectivity index (χ3n) is 3.23. The van der Waals surface area contributed by atoms with E-state index in [1.54, 1.807) is 6.07 Å². The molecule has 0 aliphatic heterocycles. The third-order valence-corrected chi connectivity index (χ3v) is 3.23. The molecule has 0 N–H and O–H groups in total. The molecule has 0 radical (unpaired) electrons. The molecular formula is C17H11F2NO. The first kappa shape index (κ1) is 13.4. The van der Waals surface area contributed by atoms with Crippen LogP contribution in [0.15, 0.2) is 54.6 Å². The van der Waals surface area contributed by atoms with Gasteiger partial charge in [0.05, 0.1) is 17.5 Å². The molecular weight excluding hydrogens is 272 g/mol. The molecule has 4 heteroatoms. The number of hydrogen-bond acceptors (Lipinski definition) is 2. The second-order valence-corrected chi connectivity index (χ2v) is 4.72. The molecule has 2 nitrogen and oxygen atoms in total. The average Bonchev–Trinajstić information content (AvgIpc) is 2.47. The topological polar surface area (TPSA) is 30.0 Å². The van der Waals surface area contributed by atoms with Gasteiger partial charge in [0.1, 0.15) is 11.6 Å². The second kappa shape index (κ2) is 5.40. The van der Waals surface area contributed by atoms with Crippen LogP contribution in [0.5, 0.6) is 0 Å². The Balaban J connectivity index is 1.89. The first-order chi connectivity index (χ1) is 10.1. The van der Waals surface area contributed by atoms with Gasteiger partial charge in [-0.3, -0.25) is 9.78 Å². The average molecular weight is 283 g/mol. The van der Waals surface area contributed by atoms with Crippen LogP contribution in [0.3, 0.4) is 0 Å². The Kier molecular flexibility index (Phi) is 3.44. The number of carbonyl (C=O) groups excluding carboxylic acids is 1. The number of carbonyl (C=O) groups is 1. The predicted octanol–water partition coefficient (Wildman–Crippen LogP) is 3.94. The smallest absolute Gasteiger partial charge is 0.171 e. The maximum absolute atomic E-state index is 13.6. The van der Waals surface area contributed by atoms with E-state index < -0.39 is 17.4 Å². The number of Topliss-reactive ketones (excluding diaryl/α,β-unsaturated/α-hetero) is 1. The second-order valence-electron chi connectivity index (χ2n) is 4.72. The van der Waals surface area contributed by atoms with Crippen molar-refractivity contribution in [1.29, 1.82) is 0 Å². The lowest BCUT2D eigenvalue weighted by Crippen LogP contribution is -2.07. The summed E-state index contributed by atoms with van der Waals surface area (Å²) in [4.78, 5) is 16.5. The predicted molar refractivity (Wildman–Crippen MR) is 76.1 cm³/mol. The Labute approximate surface area is 120 Å². The van der Waals surface area contributed by atoms with E-state index in [1.165, 1.54) is 0 Å². The fraction of sp³-hybridized carbons (Fsp3) is 0.0588. The number of pyridine rings is 1. The summed E-state index contributed by atoms with van der Waals surface area (Å²) in [6.45, 7) is 0. The van der Waals surface area contributed by atoms with Crippen LogP contribution in [-0.4, -0.2) is 10.8 Å². The molecule has 0 aliphatic rings. The Hall–Kier alpha value is -2.62. The molecule has 0 unspecified atom stereocenters. The Morgan fingerprint density at radius 3 is 2.62 bits per heavy atom. The summed E-state index contributed by atoms with van der Waals surface area (Å²) in [6.07, 6.45) is -0.0204. The minimum absolute atomic E-state index is 0.0204. The summed E-state index contributed by atoms with van der Waals surface area (Å²) < 4.78 is 26.4. The van der Waals surface area contributed by atoms with Gasteiger partial charge in [0.25, 0.3) is 0 Å². The van der Waals surface area contributed by atoms with Gasteiger partial charge < -0.3 is 0 Å². The zero-order valence-corrected chi connectivity index (χ0v) is 11.0. The summed E-state index contributed by atoms with van der Waals surface area (Å²) >= 11 is 0. The highest BCUT2D eigenvalue weighted by Crippen LogP contribution is 2.15. The van der Waals surface area contributed by atoms with E-state index >= 15 is 0 Å². The molecule has 3 rings (SSSR count). The lowest BCUT2D eigenvalue weighted by Gasteiger charge is -2.04. The Bertz CT molecular complexity index is 830. The fourth-order valence-corrected chi connectivity index (χ4v) is 2.18. The normalized spacial score (nSPS) is 10.8. The van der Waals surface area contributed by atoms with Crippen LogP contribution < -0.4 is 0 Å². The number of ketones is 1. The minimum atomic E-state index is -0.846. The van der Waals surface area contributed by atoms with E-state index in [0.29, 0.717) is 11.8 Å². The van der Waals surface area contributed by atoms with Gasteiger partial charge in [0, 0.05) is 17.1 Å². The van der Waals surface area contributed by atoms with Crippen LogP contribution in [0.25, 0.3) is 10.9 Å². The summed E-state index contributed by atoms with van der Waals surface area (Å²) in [5.41, 5.74) is 1.22. The van der Waals surface area contributed by atoms with Crippen LogP contribution in [0, 0.1) is 11.6 Å². The van der Waals surface area contributed by atoms with Gasteiger partial charge in [-0.2, -0.15) is 0 Å². The first-order valence-corrected chi connectivity index (χ1v) is 6.46. The number of rotatable bonds is 3. The van der Waals surface area contributed by atoms with E-state index in [0.717, 1.165) is 23.0 Å². The van der Waals surface area contributed by atoms with Crippen molar-refractivity contribution in [3.05, 3.63) is 77.5 Å². The minimum Gasteiger partial charge on any atom is -0.294 e. The number of benzene rings is 2. The van der Waals surface area contributed by atoms with Crippen LogP contribution in [0.1, 0.15) is 16.1 Å². The fourth-order valence-electron chi connectivity index (χ4n) is 2.18. The van der Waals surface area contributed by atoms with Crippen LogP contribution in [0.4, 0.5) is 8.78 Å². The number of para-hydroxylation sites is 1. The van der Waals surface area contributed by atoms with Crippen LogP contribution in [0.2, 0.25) is 0 Å². The molecule has 1 aromatic heterocycles. The van der Waals surface area contributed by atoms with Gasteiger partial charge >= 0.3 is 0 Å². The van der Waals surface area contributed by atoms with E-state index in [2.05, 4.69) is 4.98 Å². The van der Waals surface area contributed by atoms with Crippen molar-refractivity contribution >= 4 is 16.7 Å². The summed E-state index contributed by atoms with van der Waals surface area (Å²) in [7, 11) is 0. The lowest BCUT2D eigenvalue weighted by molar-refractivity contribution is 0.0988. The van der Waals surface area contributed by atoms with Gasteiger partial charge in [-0.25, -0.2) is 8.78 Å². The largest absolute Gasteiger partial charge is 0.294 e. The molecule has 0 fully saturated rings. The van der Waals surface area contributed by atoms with Crippen LogP contribution >= 0.6 is 0 Å². The van der Waals surface area contributed by atoms with Gasteiger partial charge in [-0.05, 0) is 24.3 Å². The molecule has 21 heavy (non-hydrogen) atoms. The Morgan fingerprint density at radius 1 is 1.00 bits per heavy atom. The summed E-state index contributed by atoms with van der Waals surface area (Å²) in [5, 5.41) is 0.974. The SMILES string of the molecule is O=C(Cc1ccc2ccccc2n1)c1ccc(F)cc1F. The quantitative estimate of drug-likeness (QED) is 0.681. The first-order valence-electron chi connectivity index (χ1n) is 6.46. The molecule has 0 bridgehead atoms. The van der Waals surface area contributed by atoms with Crippen molar-refractivity contribution in [1.82, 2.24) is 4.98 Å². The summed E-state index contributed by atoms with van der Waals surface area (Å²) in [5.74, 6) is -1.97. The molecule has 0 spiro atoms. The van der Waals surface area contributed by atoms with E-state index in [4.69, 9.17) is 0 Å². The van der Waals surface area contributed by atoms with Gasteiger partial charge in [-0.15, -0.1) is 0 Å². The van der Waals surface area contributed by atoms with Crippen LogP contribution in [-0.2, 0) is 6.42 Å². The zero-order valence-electron chi connectivity index (χ0n) is 11.0. The van der Waals surface area contributed by atoms with Gasteiger partial charge in [-0.1, -0.05) is 24.3 Å². The summed E-state index contributed by atoms with van der Waals surface area (Å²) in [6, 6.07) is 14.1. The molecule has 0 aliphatic carbocycles. The third kappa shape index (κ3) is 2.79. The van der Waals surface area contributed by atoms with E-state index in [9.17, 15) is 13.6 Å². The monoisotopic (exact) mass is 283 g/mol. The maximum atomic E-state index is 13.6. The molecule has 0 saturated carbocycles. The molecule has 2 aromatic carbocycles. The van der Waals surface area contributed by atoms with Crippen molar-refractivity contribution in [2.24, 2.45) is 0 Å². The highest BCUT2D eigenvalue weighted by molar-refractivity contribution is 5.97. The van der Waals surface area contributed by atoms with Crippen molar-refractivity contribution in [3.8, 4) is 0 Å². The van der Waals surface area contributed by atoms with E-state index in [-0.39, 0.29) is 12.0 Å². The highest BCUT2D eigenvalue weighted by atomic mass is 19.1.